The first-order valence-corrected chi connectivity index (χ1v) is 8.19. The number of aliphatic hydroxyl groups is 1. The lowest BCUT2D eigenvalue weighted by atomic mass is 9.79. The van der Waals surface area contributed by atoms with Crippen LogP contribution in [-0.2, 0) is 4.74 Å². The van der Waals surface area contributed by atoms with Crippen molar-refractivity contribution in [1.29, 1.82) is 0 Å². The Morgan fingerprint density at radius 3 is 2.78 bits per heavy atom. The van der Waals surface area contributed by atoms with Crippen LogP contribution in [0.1, 0.15) is 41.6 Å². The van der Waals surface area contributed by atoms with E-state index in [1.54, 1.807) is 14.2 Å². The van der Waals surface area contributed by atoms with Crippen LogP contribution in [0.4, 0.5) is 0 Å². The van der Waals surface area contributed by atoms with Gasteiger partial charge in [-0.25, -0.2) is 0 Å². The van der Waals surface area contributed by atoms with Gasteiger partial charge in [-0.1, -0.05) is 0 Å². The zero-order valence-electron chi connectivity index (χ0n) is 14.0. The molecule has 2 fully saturated rings. The van der Waals surface area contributed by atoms with E-state index < -0.39 is 0 Å². The van der Waals surface area contributed by atoms with Crippen molar-refractivity contribution >= 4 is 5.91 Å². The van der Waals surface area contributed by atoms with Crippen LogP contribution in [0, 0.1) is 6.92 Å². The normalized spacial score (nSPS) is 30.2. The van der Waals surface area contributed by atoms with Crippen molar-refractivity contribution < 1.29 is 19.4 Å². The van der Waals surface area contributed by atoms with Crippen LogP contribution in [-0.4, -0.2) is 54.4 Å². The molecule has 1 N–H and O–H groups in total. The molecule has 2 aliphatic rings. The first kappa shape index (κ1) is 16.3. The van der Waals surface area contributed by atoms with E-state index in [0.29, 0.717) is 18.5 Å². The topological polar surface area (TPSA) is 59.0 Å². The highest BCUT2D eigenvalue weighted by Gasteiger charge is 2.52. The Hall–Kier alpha value is -1.59. The number of nitrogens with zero attached hydrogens (tertiary/aromatic N) is 1. The molecule has 0 radical (unpaired) electrons. The predicted octanol–water partition coefficient (Wildman–Crippen LogP) is 2.15. The Balaban J connectivity index is 1.88. The van der Waals surface area contributed by atoms with Crippen molar-refractivity contribution in [2.45, 2.75) is 50.4 Å². The molecule has 1 saturated carbocycles. The van der Waals surface area contributed by atoms with Crippen LogP contribution in [0.15, 0.2) is 18.2 Å². The van der Waals surface area contributed by atoms with Crippen molar-refractivity contribution in [1.82, 2.24) is 4.90 Å². The molecule has 0 unspecified atom stereocenters. The van der Waals surface area contributed by atoms with E-state index in [0.717, 1.165) is 30.6 Å². The number of likely N-dealkylation sites (tertiary alicyclic amines) is 1. The fourth-order valence-electron chi connectivity index (χ4n) is 4.08. The average Bonchev–Trinajstić information content (AvgIpc) is 2.93. The summed E-state index contributed by atoms with van der Waals surface area (Å²) in [6.45, 7) is 2.60. The second-order valence-corrected chi connectivity index (χ2v) is 6.64. The van der Waals surface area contributed by atoms with Gasteiger partial charge in [-0.05, 0) is 56.4 Å². The molecule has 3 atom stereocenters. The number of carbonyl (C=O) groups is 1. The first-order chi connectivity index (χ1) is 11.0. The molecule has 23 heavy (non-hydrogen) atoms. The van der Waals surface area contributed by atoms with Crippen molar-refractivity contribution in [2.75, 3.05) is 20.8 Å². The second-order valence-electron chi connectivity index (χ2n) is 6.64. The molecule has 1 amide bonds. The minimum absolute atomic E-state index is 0.0168. The second kappa shape index (κ2) is 6.13. The first-order valence-electron chi connectivity index (χ1n) is 8.19. The molecule has 1 heterocycles. The van der Waals surface area contributed by atoms with Crippen molar-refractivity contribution in [3.05, 3.63) is 29.3 Å². The summed E-state index contributed by atoms with van der Waals surface area (Å²) in [6.07, 6.45) is 2.62. The van der Waals surface area contributed by atoms with Gasteiger partial charge in [-0.2, -0.15) is 0 Å². The predicted molar refractivity (Wildman–Crippen MR) is 86.8 cm³/mol. The molecule has 126 valence electrons. The Morgan fingerprint density at radius 2 is 2.13 bits per heavy atom. The number of amides is 1. The molecule has 3 rings (SSSR count). The number of carbonyl (C=O) groups excluding carboxylic acids is 1. The molecule has 1 saturated heterocycles. The number of rotatable bonds is 3. The number of aliphatic hydroxyl groups excluding tert-OH is 1. The maximum absolute atomic E-state index is 13.0. The standard InChI is InChI=1S/C18H25NO4/c1-12-10-14(22-2)4-5-15(12)17(21)19-9-8-18(23-3)7-6-13(20)11-16(18)19/h4-5,10,13,16,20H,6-9,11H2,1-3H3/t13-,16+,18-/m1/s1. The summed E-state index contributed by atoms with van der Waals surface area (Å²) >= 11 is 0. The van der Waals surface area contributed by atoms with Gasteiger partial charge in [0.25, 0.3) is 5.91 Å². The number of benzene rings is 1. The molecule has 1 aromatic carbocycles. The summed E-state index contributed by atoms with van der Waals surface area (Å²) in [5, 5.41) is 10.0. The van der Waals surface area contributed by atoms with Crippen molar-refractivity contribution in [3.63, 3.8) is 0 Å². The van der Waals surface area contributed by atoms with Gasteiger partial charge in [0.2, 0.25) is 0 Å². The average molecular weight is 319 g/mol. The van der Waals surface area contributed by atoms with Crippen molar-refractivity contribution in [2.24, 2.45) is 0 Å². The Kier molecular flexibility index (Phi) is 4.34. The molecule has 5 heteroatoms. The monoisotopic (exact) mass is 319 g/mol. The van der Waals surface area contributed by atoms with Gasteiger partial charge < -0.3 is 19.5 Å². The van der Waals surface area contributed by atoms with Crippen LogP contribution >= 0.6 is 0 Å². The number of hydrogen-bond acceptors (Lipinski definition) is 4. The molecular formula is C18H25NO4. The third kappa shape index (κ3) is 2.72. The Bertz CT molecular complexity index is 603. The fraction of sp³-hybridized carbons (Fsp3) is 0.611. The molecule has 0 aromatic heterocycles. The Morgan fingerprint density at radius 1 is 1.35 bits per heavy atom. The summed E-state index contributed by atoms with van der Waals surface area (Å²) in [6, 6.07) is 5.46. The number of aryl methyl sites for hydroxylation is 1. The van der Waals surface area contributed by atoms with Gasteiger partial charge in [0.15, 0.2) is 0 Å². The summed E-state index contributed by atoms with van der Waals surface area (Å²) in [7, 11) is 3.34. The van der Waals surface area contributed by atoms with Gasteiger partial charge in [-0.3, -0.25) is 4.79 Å². The van der Waals surface area contributed by atoms with Gasteiger partial charge >= 0.3 is 0 Å². The molecule has 5 nitrogen and oxygen atoms in total. The minimum Gasteiger partial charge on any atom is -0.497 e. The highest BCUT2D eigenvalue weighted by molar-refractivity contribution is 5.96. The molecule has 0 spiro atoms. The van der Waals surface area contributed by atoms with E-state index in [4.69, 9.17) is 9.47 Å². The summed E-state index contributed by atoms with van der Waals surface area (Å²) in [4.78, 5) is 14.9. The lowest BCUT2D eigenvalue weighted by Crippen LogP contribution is -2.52. The van der Waals surface area contributed by atoms with E-state index in [1.807, 2.05) is 30.0 Å². The van der Waals surface area contributed by atoms with Gasteiger partial charge in [-0.15, -0.1) is 0 Å². The van der Waals surface area contributed by atoms with Gasteiger partial charge in [0.05, 0.1) is 24.9 Å². The lowest BCUT2D eigenvalue weighted by Gasteiger charge is -2.42. The zero-order valence-corrected chi connectivity index (χ0v) is 14.0. The van der Waals surface area contributed by atoms with E-state index in [2.05, 4.69) is 0 Å². The highest BCUT2D eigenvalue weighted by atomic mass is 16.5. The zero-order chi connectivity index (χ0) is 16.6. The third-order valence-electron chi connectivity index (χ3n) is 5.49. The summed E-state index contributed by atoms with van der Waals surface area (Å²) in [5.74, 6) is 0.767. The largest absolute Gasteiger partial charge is 0.497 e. The Labute approximate surface area is 137 Å². The number of ether oxygens (including phenoxy) is 2. The lowest BCUT2D eigenvalue weighted by molar-refractivity contribution is -0.0824. The quantitative estimate of drug-likeness (QED) is 0.927. The molecule has 1 aliphatic heterocycles. The van der Waals surface area contributed by atoms with Crippen LogP contribution in [0.2, 0.25) is 0 Å². The smallest absolute Gasteiger partial charge is 0.254 e. The van der Waals surface area contributed by atoms with Crippen molar-refractivity contribution in [3.8, 4) is 5.75 Å². The van der Waals surface area contributed by atoms with E-state index in [1.165, 1.54) is 0 Å². The van der Waals surface area contributed by atoms with Crippen LogP contribution in [0.25, 0.3) is 0 Å². The highest BCUT2D eigenvalue weighted by Crippen LogP contribution is 2.43. The maximum Gasteiger partial charge on any atom is 0.254 e. The molecule has 1 aliphatic carbocycles. The van der Waals surface area contributed by atoms with Gasteiger partial charge in [0.1, 0.15) is 5.75 Å². The fourth-order valence-corrected chi connectivity index (χ4v) is 4.08. The minimum atomic E-state index is -0.353. The molecule has 1 aromatic rings. The van der Waals surface area contributed by atoms with Crippen LogP contribution in [0.3, 0.4) is 0 Å². The van der Waals surface area contributed by atoms with Gasteiger partial charge in [0, 0.05) is 19.2 Å². The molecular weight excluding hydrogens is 294 g/mol. The SMILES string of the molecule is COc1ccc(C(=O)N2CC[C@]3(OC)CC[C@@H](O)C[C@H]23)c(C)c1. The summed E-state index contributed by atoms with van der Waals surface area (Å²) in [5.41, 5.74) is 1.30. The van der Waals surface area contributed by atoms with E-state index in [-0.39, 0.29) is 23.7 Å². The number of fused-ring (bicyclic) bond motifs is 1. The third-order valence-corrected chi connectivity index (χ3v) is 5.49. The van der Waals surface area contributed by atoms with Crippen LogP contribution < -0.4 is 4.74 Å². The number of methoxy groups -OCH3 is 2. The van der Waals surface area contributed by atoms with E-state index in [9.17, 15) is 9.90 Å². The summed E-state index contributed by atoms with van der Waals surface area (Å²) < 4.78 is 11.0. The number of hydrogen-bond donors (Lipinski definition) is 1. The molecule has 0 bridgehead atoms. The maximum atomic E-state index is 13.0. The van der Waals surface area contributed by atoms with E-state index >= 15 is 0 Å². The van der Waals surface area contributed by atoms with Crippen LogP contribution in [0.5, 0.6) is 5.75 Å².